The van der Waals surface area contributed by atoms with Crippen LogP contribution < -0.4 is 5.32 Å². The van der Waals surface area contributed by atoms with E-state index in [9.17, 15) is 9.59 Å². The van der Waals surface area contributed by atoms with Crippen LogP contribution in [0.1, 0.15) is 11.1 Å². The van der Waals surface area contributed by atoms with Gasteiger partial charge in [0.25, 0.3) is 5.91 Å². The second kappa shape index (κ2) is 7.23. The SMILES string of the molecule is Cc1ccnc(NC(=O)C2COCC(=O)N2Cc2ccccc2)c1. The van der Waals surface area contributed by atoms with Gasteiger partial charge in [0.05, 0.1) is 6.61 Å². The molecular weight excluding hydrogens is 306 g/mol. The highest BCUT2D eigenvalue weighted by Crippen LogP contribution is 2.15. The van der Waals surface area contributed by atoms with Crippen LogP contribution in [0.5, 0.6) is 0 Å². The largest absolute Gasteiger partial charge is 0.369 e. The minimum Gasteiger partial charge on any atom is -0.369 e. The number of morpholine rings is 1. The molecule has 3 rings (SSSR count). The second-order valence-electron chi connectivity index (χ2n) is 5.75. The van der Waals surface area contributed by atoms with Crippen LogP contribution in [0.15, 0.2) is 48.7 Å². The molecule has 1 unspecified atom stereocenters. The van der Waals surface area contributed by atoms with Crippen LogP contribution in [0, 0.1) is 6.92 Å². The van der Waals surface area contributed by atoms with Crippen molar-refractivity contribution in [3.63, 3.8) is 0 Å². The van der Waals surface area contributed by atoms with Gasteiger partial charge in [-0.3, -0.25) is 9.59 Å². The molecule has 0 aliphatic carbocycles. The molecule has 1 aromatic carbocycles. The van der Waals surface area contributed by atoms with Gasteiger partial charge in [0.1, 0.15) is 18.5 Å². The van der Waals surface area contributed by atoms with Crippen LogP contribution in [0.2, 0.25) is 0 Å². The number of ether oxygens (including phenoxy) is 1. The molecule has 1 fully saturated rings. The van der Waals surface area contributed by atoms with E-state index in [2.05, 4.69) is 10.3 Å². The van der Waals surface area contributed by atoms with Gasteiger partial charge in [-0.1, -0.05) is 30.3 Å². The van der Waals surface area contributed by atoms with Crippen LogP contribution in [0.4, 0.5) is 5.82 Å². The van der Waals surface area contributed by atoms with E-state index in [0.29, 0.717) is 12.4 Å². The molecule has 1 atom stereocenters. The molecule has 0 radical (unpaired) electrons. The Labute approximate surface area is 140 Å². The zero-order valence-electron chi connectivity index (χ0n) is 13.4. The smallest absolute Gasteiger partial charge is 0.250 e. The van der Waals surface area contributed by atoms with E-state index in [1.807, 2.05) is 43.3 Å². The summed E-state index contributed by atoms with van der Waals surface area (Å²) in [5.41, 5.74) is 1.97. The van der Waals surface area contributed by atoms with Gasteiger partial charge in [0.15, 0.2) is 0 Å². The maximum absolute atomic E-state index is 12.6. The van der Waals surface area contributed by atoms with E-state index in [1.165, 1.54) is 0 Å². The normalized spacial score (nSPS) is 17.6. The fourth-order valence-corrected chi connectivity index (χ4v) is 2.61. The van der Waals surface area contributed by atoms with Crippen molar-refractivity contribution in [1.82, 2.24) is 9.88 Å². The van der Waals surface area contributed by atoms with E-state index in [-0.39, 0.29) is 25.0 Å². The van der Waals surface area contributed by atoms with Crippen molar-refractivity contribution in [2.45, 2.75) is 19.5 Å². The first kappa shape index (κ1) is 16.1. The first-order valence-corrected chi connectivity index (χ1v) is 7.78. The molecule has 1 saturated heterocycles. The molecule has 1 aromatic heterocycles. The lowest BCUT2D eigenvalue weighted by molar-refractivity contribution is -0.154. The van der Waals surface area contributed by atoms with Gasteiger partial charge < -0.3 is 15.0 Å². The van der Waals surface area contributed by atoms with E-state index in [0.717, 1.165) is 11.1 Å². The Balaban J connectivity index is 1.75. The monoisotopic (exact) mass is 325 g/mol. The Morgan fingerprint density at radius 3 is 2.88 bits per heavy atom. The standard InChI is InChI=1S/C18H19N3O3/c1-13-7-8-19-16(9-13)20-18(23)15-11-24-12-17(22)21(15)10-14-5-3-2-4-6-14/h2-9,15H,10-12H2,1H3,(H,19,20,23). The minimum absolute atomic E-state index is 0.000686. The Hall–Kier alpha value is -2.73. The number of carbonyl (C=O) groups is 2. The van der Waals surface area contributed by atoms with Crippen LogP contribution in [0.25, 0.3) is 0 Å². The lowest BCUT2D eigenvalue weighted by Gasteiger charge is -2.34. The molecule has 1 aliphatic rings. The summed E-state index contributed by atoms with van der Waals surface area (Å²) in [6.45, 7) is 2.48. The van der Waals surface area contributed by atoms with Crippen molar-refractivity contribution in [1.29, 1.82) is 0 Å². The lowest BCUT2D eigenvalue weighted by Crippen LogP contribution is -2.54. The van der Waals surface area contributed by atoms with Gasteiger partial charge in [-0.2, -0.15) is 0 Å². The fourth-order valence-electron chi connectivity index (χ4n) is 2.61. The molecule has 2 amide bonds. The summed E-state index contributed by atoms with van der Waals surface area (Å²) in [5.74, 6) is -0.0165. The van der Waals surface area contributed by atoms with Gasteiger partial charge in [-0.05, 0) is 30.2 Å². The third-order valence-electron chi connectivity index (χ3n) is 3.86. The molecule has 1 N–H and O–H groups in total. The van der Waals surface area contributed by atoms with E-state index in [4.69, 9.17) is 4.74 Å². The summed E-state index contributed by atoms with van der Waals surface area (Å²) in [6.07, 6.45) is 1.63. The predicted molar refractivity (Wildman–Crippen MR) is 89.2 cm³/mol. The topological polar surface area (TPSA) is 71.5 Å². The molecule has 1 aliphatic heterocycles. The average Bonchev–Trinajstić information content (AvgIpc) is 2.57. The highest BCUT2D eigenvalue weighted by molar-refractivity contribution is 5.97. The molecule has 2 heterocycles. The van der Waals surface area contributed by atoms with Gasteiger partial charge in [-0.15, -0.1) is 0 Å². The quantitative estimate of drug-likeness (QED) is 0.930. The van der Waals surface area contributed by atoms with Crippen LogP contribution in [-0.4, -0.2) is 41.0 Å². The first-order valence-electron chi connectivity index (χ1n) is 7.78. The molecule has 124 valence electrons. The Morgan fingerprint density at radius 1 is 1.33 bits per heavy atom. The van der Waals surface area contributed by atoms with Crippen molar-refractivity contribution >= 4 is 17.6 Å². The third kappa shape index (κ3) is 3.78. The zero-order valence-corrected chi connectivity index (χ0v) is 13.4. The number of nitrogens with zero attached hydrogens (tertiary/aromatic N) is 2. The predicted octanol–water partition coefficient (Wildman–Crippen LogP) is 1.76. The molecule has 0 saturated carbocycles. The highest BCUT2D eigenvalue weighted by atomic mass is 16.5. The maximum atomic E-state index is 12.6. The van der Waals surface area contributed by atoms with Crippen molar-refractivity contribution in [3.8, 4) is 0 Å². The van der Waals surface area contributed by atoms with Crippen molar-refractivity contribution in [3.05, 3.63) is 59.8 Å². The summed E-state index contributed by atoms with van der Waals surface area (Å²) in [4.78, 5) is 30.5. The van der Waals surface area contributed by atoms with Crippen LogP contribution in [0.3, 0.4) is 0 Å². The van der Waals surface area contributed by atoms with Gasteiger partial charge in [0.2, 0.25) is 5.91 Å². The fraction of sp³-hybridized carbons (Fsp3) is 0.278. The van der Waals surface area contributed by atoms with Crippen molar-refractivity contribution in [2.75, 3.05) is 18.5 Å². The van der Waals surface area contributed by atoms with Gasteiger partial charge in [0, 0.05) is 12.7 Å². The number of carbonyl (C=O) groups excluding carboxylic acids is 2. The summed E-state index contributed by atoms with van der Waals surface area (Å²) >= 11 is 0. The van der Waals surface area contributed by atoms with Gasteiger partial charge in [-0.25, -0.2) is 4.98 Å². The summed E-state index contributed by atoms with van der Waals surface area (Å²) in [5, 5.41) is 2.76. The molecule has 24 heavy (non-hydrogen) atoms. The van der Waals surface area contributed by atoms with E-state index < -0.39 is 6.04 Å². The summed E-state index contributed by atoms with van der Waals surface area (Å²) in [6, 6.07) is 12.6. The first-order chi connectivity index (χ1) is 11.6. The number of pyridine rings is 1. The molecule has 0 bridgehead atoms. The van der Waals surface area contributed by atoms with Crippen LogP contribution in [-0.2, 0) is 20.9 Å². The Bertz CT molecular complexity index is 733. The minimum atomic E-state index is -0.672. The summed E-state index contributed by atoms with van der Waals surface area (Å²) < 4.78 is 5.27. The maximum Gasteiger partial charge on any atom is 0.250 e. The summed E-state index contributed by atoms with van der Waals surface area (Å²) in [7, 11) is 0. The van der Waals surface area contributed by atoms with Crippen LogP contribution >= 0.6 is 0 Å². The molecular formula is C18H19N3O3. The number of anilines is 1. The Morgan fingerprint density at radius 2 is 2.12 bits per heavy atom. The molecule has 0 spiro atoms. The number of rotatable bonds is 4. The highest BCUT2D eigenvalue weighted by Gasteiger charge is 2.34. The lowest BCUT2D eigenvalue weighted by atomic mass is 10.1. The number of hydrogen-bond acceptors (Lipinski definition) is 4. The zero-order chi connectivity index (χ0) is 16.9. The number of hydrogen-bond donors (Lipinski definition) is 1. The van der Waals surface area contributed by atoms with Crippen molar-refractivity contribution in [2.24, 2.45) is 0 Å². The Kier molecular flexibility index (Phi) is 4.86. The molecule has 6 nitrogen and oxygen atoms in total. The number of amides is 2. The second-order valence-corrected chi connectivity index (χ2v) is 5.75. The number of nitrogens with one attached hydrogen (secondary N) is 1. The van der Waals surface area contributed by atoms with E-state index >= 15 is 0 Å². The number of aryl methyl sites for hydroxylation is 1. The molecule has 2 aromatic rings. The van der Waals surface area contributed by atoms with Gasteiger partial charge >= 0.3 is 0 Å². The third-order valence-corrected chi connectivity index (χ3v) is 3.86. The molecule has 6 heteroatoms. The van der Waals surface area contributed by atoms with Crippen molar-refractivity contribution < 1.29 is 14.3 Å². The number of benzene rings is 1. The van der Waals surface area contributed by atoms with E-state index in [1.54, 1.807) is 17.2 Å². The average molecular weight is 325 g/mol. The number of aromatic nitrogens is 1.